The van der Waals surface area contributed by atoms with Crippen molar-refractivity contribution in [3.63, 3.8) is 0 Å². The Hall–Kier alpha value is -3.32. The second kappa shape index (κ2) is 10.5. The van der Waals surface area contributed by atoms with Crippen molar-refractivity contribution < 1.29 is 17.9 Å². The fraction of sp³-hybridized carbons (Fsp3) is 0.269. The van der Waals surface area contributed by atoms with Gasteiger partial charge < -0.3 is 10.1 Å². The summed E-state index contributed by atoms with van der Waals surface area (Å²) >= 11 is 0. The zero-order chi connectivity index (χ0) is 24.0. The number of benzene rings is 3. The van der Waals surface area contributed by atoms with Gasteiger partial charge in [-0.25, -0.2) is 8.42 Å². The van der Waals surface area contributed by atoms with Crippen molar-refractivity contribution in [2.75, 3.05) is 18.0 Å². The third-order valence-electron chi connectivity index (χ3n) is 5.41. The molecule has 0 unspecified atom stereocenters. The molecule has 0 aromatic heterocycles. The molecule has 174 valence electrons. The highest BCUT2D eigenvalue weighted by Crippen LogP contribution is 2.26. The van der Waals surface area contributed by atoms with Crippen LogP contribution in [0.25, 0.3) is 0 Å². The van der Waals surface area contributed by atoms with Gasteiger partial charge in [0, 0.05) is 12.1 Å². The molecule has 0 radical (unpaired) electrons. The number of hydrogen-bond donors (Lipinski definition) is 1. The van der Waals surface area contributed by atoms with Crippen molar-refractivity contribution in [1.82, 2.24) is 5.32 Å². The molecule has 0 spiro atoms. The normalized spacial score (nSPS) is 11.3. The first-order chi connectivity index (χ1) is 15.7. The molecule has 7 heteroatoms. The lowest BCUT2D eigenvalue weighted by Gasteiger charge is -2.24. The fourth-order valence-corrected chi connectivity index (χ4v) is 4.83. The maximum atomic E-state index is 13.5. The molecule has 0 atom stereocenters. The summed E-state index contributed by atoms with van der Waals surface area (Å²) in [5, 5.41) is 2.81. The van der Waals surface area contributed by atoms with E-state index in [1.54, 1.807) is 43.5 Å². The predicted octanol–water partition coefficient (Wildman–Crippen LogP) is 4.64. The van der Waals surface area contributed by atoms with E-state index in [-0.39, 0.29) is 18.0 Å². The number of anilines is 1. The van der Waals surface area contributed by atoms with Crippen molar-refractivity contribution in [3.05, 3.63) is 89.5 Å². The fourth-order valence-electron chi connectivity index (χ4n) is 3.41. The Kier molecular flexibility index (Phi) is 7.76. The molecular formula is C26H30N2O4S. The summed E-state index contributed by atoms with van der Waals surface area (Å²) < 4.78 is 33.5. The molecule has 33 heavy (non-hydrogen) atoms. The van der Waals surface area contributed by atoms with Crippen LogP contribution < -0.4 is 14.4 Å². The van der Waals surface area contributed by atoms with Crippen LogP contribution in [0.4, 0.5) is 5.69 Å². The molecule has 3 aromatic carbocycles. The van der Waals surface area contributed by atoms with Crippen LogP contribution in [0.5, 0.6) is 5.75 Å². The van der Waals surface area contributed by atoms with Gasteiger partial charge in [-0.1, -0.05) is 61.9 Å². The molecule has 0 aliphatic rings. The Morgan fingerprint density at radius 2 is 1.61 bits per heavy atom. The Morgan fingerprint density at radius 3 is 2.21 bits per heavy atom. The van der Waals surface area contributed by atoms with E-state index in [1.807, 2.05) is 43.3 Å². The van der Waals surface area contributed by atoms with E-state index in [0.717, 1.165) is 21.0 Å². The van der Waals surface area contributed by atoms with Gasteiger partial charge in [-0.3, -0.25) is 9.10 Å². The Balaban J connectivity index is 1.88. The molecule has 0 saturated heterocycles. The standard InChI is InChI=1S/C26H30N2O4S/c1-19(2)21-11-13-23(14-12-21)28(33(30,31)24-15-9-20(3)10-16-24)18-26(29)27-17-22-7-5-6-8-25(22)32-4/h5-16,19H,17-18H2,1-4H3,(H,27,29). The van der Waals surface area contributed by atoms with Gasteiger partial charge in [0.25, 0.3) is 10.0 Å². The summed E-state index contributed by atoms with van der Waals surface area (Å²) in [6.07, 6.45) is 0. The number of ether oxygens (including phenoxy) is 1. The summed E-state index contributed by atoms with van der Waals surface area (Å²) in [6.45, 7) is 5.92. The largest absolute Gasteiger partial charge is 0.496 e. The number of carbonyl (C=O) groups is 1. The maximum Gasteiger partial charge on any atom is 0.264 e. The second-order valence-corrected chi connectivity index (χ2v) is 10.0. The van der Waals surface area contributed by atoms with Gasteiger partial charge in [0.05, 0.1) is 17.7 Å². The predicted molar refractivity (Wildman–Crippen MR) is 131 cm³/mol. The number of hydrogen-bond acceptors (Lipinski definition) is 4. The first-order valence-electron chi connectivity index (χ1n) is 10.8. The van der Waals surface area contributed by atoms with Gasteiger partial charge in [-0.15, -0.1) is 0 Å². The SMILES string of the molecule is COc1ccccc1CNC(=O)CN(c1ccc(C(C)C)cc1)S(=O)(=O)c1ccc(C)cc1. The third-order valence-corrected chi connectivity index (χ3v) is 7.20. The first-order valence-corrected chi connectivity index (χ1v) is 12.2. The van der Waals surface area contributed by atoms with Crippen molar-refractivity contribution in [2.24, 2.45) is 0 Å². The zero-order valence-electron chi connectivity index (χ0n) is 19.4. The van der Waals surface area contributed by atoms with E-state index in [4.69, 9.17) is 4.74 Å². The molecule has 1 N–H and O–H groups in total. The number of nitrogens with one attached hydrogen (secondary N) is 1. The highest BCUT2D eigenvalue weighted by molar-refractivity contribution is 7.92. The summed E-state index contributed by atoms with van der Waals surface area (Å²) in [6, 6.07) is 21.3. The average Bonchev–Trinajstić information content (AvgIpc) is 2.81. The highest BCUT2D eigenvalue weighted by Gasteiger charge is 2.27. The minimum Gasteiger partial charge on any atom is -0.496 e. The number of aryl methyl sites for hydroxylation is 1. The van der Waals surface area contributed by atoms with Gasteiger partial charge in [-0.2, -0.15) is 0 Å². The lowest BCUT2D eigenvalue weighted by molar-refractivity contribution is -0.119. The topological polar surface area (TPSA) is 75.7 Å². The quantitative estimate of drug-likeness (QED) is 0.499. The Labute approximate surface area is 196 Å². The summed E-state index contributed by atoms with van der Waals surface area (Å²) in [4.78, 5) is 13.0. The van der Waals surface area contributed by atoms with Crippen LogP contribution in [0.15, 0.2) is 77.7 Å². The number of methoxy groups -OCH3 is 1. The van der Waals surface area contributed by atoms with Gasteiger partial charge in [0.2, 0.25) is 5.91 Å². The molecule has 0 bridgehead atoms. The van der Waals surface area contributed by atoms with Gasteiger partial charge in [-0.05, 0) is 48.7 Å². The molecule has 6 nitrogen and oxygen atoms in total. The van der Waals surface area contributed by atoms with E-state index < -0.39 is 15.9 Å². The molecule has 0 fully saturated rings. The highest BCUT2D eigenvalue weighted by atomic mass is 32.2. The van der Waals surface area contributed by atoms with E-state index in [0.29, 0.717) is 17.4 Å². The van der Waals surface area contributed by atoms with Crippen molar-refractivity contribution >= 4 is 21.6 Å². The van der Waals surface area contributed by atoms with Crippen molar-refractivity contribution in [1.29, 1.82) is 0 Å². The lowest BCUT2D eigenvalue weighted by Crippen LogP contribution is -2.40. The molecular weight excluding hydrogens is 436 g/mol. The number of carbonyl (C=O) groups excluding carboxylic acids is 1. The lowest BCUT2D eigenvalue weighted by atomic mass is 10.0. The molecule has 0 aliphatic carbocycles. The Morgan fingerprint density at radius 1 is 0.970 bits per heavy atom. The molecule has 1 amide bonds. The van der Waals surface area contributed by atoms with Gasteiger partial charge in [0.15, 0.2) is 0 Å². The van der Waals surface area contributed by atoms with Crippen LogP contribution in [-0.2, 0) is 21.4 Å². The van der Waals surface area contributed by atoms with Crippen LogP contribution in [0.2, 0.25) is 0 Å². The van der Waals surface area contributed by atoms with Gasteiger partial charge >= 0.3 is 0 Å². The van der Waals surface area contributed by atoms with Gasteiger partial charge in [0.1, 0.15) is 12.3 Å². The van der Waals surface area contributed by atoms with E-state index >= 15 is 0 Å². The molecule has 3 rings (SSSR count). The smallest absolute Gasteiger partial charge is 0.264 e. The van der Waals surface area contributed by atoms with E-state index in [2.05, 4.69) is 19.2 Å². The third kappa shape index (κ3) is 5.93. The van der Waals surface area contributed by atoms with Crippen LogP contribution in [0.1, 0.15) is 36.5 Å². The summed E-state index contributed by atoms with van der Waals surface area (Å²) in [5.74, 6) is 0.557. The monoisotopic (exact) mass is 466 g/mol. The zero-order valence-corrected chi connectivity index (χ0v) is 20.2. The first kappa shape index (κ1) is 24.3. The summed E-state index contributed by atoms with van der Waals surface area (Å²) in [7, 11) is -2.38. The van der Waals surface area contributed by atoms with Crippen LogP contribution in [0.3, 0.4) is 0 Å². The molecule has 0 saturated carbocycles. The van der Waals surface area contributed by atoms with Crippen LogP contribution in [-0.4, -0.2) is 28.0 Å². The average molecular weight is 467 g/mol. The van der Waals surface area contributed by atoms with Crippen LogP contribution in [0, 0.1) is 6.92 Å². The number of sulfonamides is 1. The minimum atomic E-state index is -3.95. The van der Waals surface area contributed by atoms with Crippen molar-refractivity contribution in [2.45, 2.75) is 38.1 Å². The molecule has 0 aliphatic heterocycles. The minimum absolute atomic E-state index is 0.138. The number of rotatable bonds is 9. The second-order valence-electron chi connectivity index (χ2n) is 8.16. The van der Waals surface area contributed by atoms with Crippen molar-refractivity contribution in [3.8, 4) is 5.75 Å². The maximum absolute atomic E-state index is 13.5. The number of amides is 1. The number of nitrogens with zero attached hydrogens (tertiary/aromatic N) is 1. The number of para-hydroxylation sites is 1. The molecule has 3 aromatic rings. The summed E-state index contributed by atoms with van der Waals surface area (Å²) in [5.41, 5.74) is 3.29. The Bertz CT molecular complexity index is 1190. The molecule has 0 heterocycles. The van der Waals surface area contributed by atoms with E-state index in [9.17, 15) is 13.2 Å². The van der Waals surface area contributed by atoms with Crippen LogP contribution >= 0.6 is 0 Å². The van der Waals surface area contributed by atoms with E-state index in [1.165, 1.54) is 0 Å².